The van der Waals surface area contributed by atoms with Crippen molar-refractivity contribution in [2.24, 2.45) is 0 Å². The molecule has 2 heterocycles. The molecule has 134 valence electrons. The number of amides is 1. The van der Waals surface area contributed by atoms with Crippen molar-refractivity contribution in [3.05, 3.63) is 22.4 Å². The minimum absolute atomic E-state index is 0.146. The highest BCUT2D eigenvalue weighted by atomic mass is 32.1. The molecule has 1 aromatic heterocycles. The van der Waals surface area contributed by atoms with E-state index < -0.39 is 6.10 Å². The molecule has 24 heavy (non-hydrogen) atoms. The number of β-amino-alcohol motifs (C(OH)–C–C–N with tert-alkyl or cyclic N) is 1. The van der Waals surface area contributed by atoms with Crippen molar-refractivity contribution >= 4 is 17.2 Å². The lowest BCUT2D eigenvalue weighted by molar-refractivity contribution is -0.122. The average molecular weight is 353 g/mol. The van der Waals surface area contributed by atoms with Crippen molar-refractivity contribution in [1.82, 2.24) is 15.1 Å². The molecule has 6 nitrogen and oxygen atoms in total. The summed E-state index contributed by atoms with van der Waals surface area (Å²) in [6, 6.07) is 4.47. The number of piperazine rings is 1. The third kappa shape index (κ3) is 6.14. The van der Waals surface area contributed by atoms with Gasteiger partial charge in [-0.1, -0.05) is 6.07 Å². The highest BCUT2D eigenvalue weighted by Crippen LogP contribution is 2.18. The van der Waals surface area contributed by atoms with Crippen LogP contribution in [0.2, 0.25) is 0 Å². The predicted octanol–water partition coefficient (Wildman–Crippen LogP) is 0.522. The Labute approximate surface area is 147 Å². The van der Waals surface area contributed by atoms with Crippen LogP contribution >= 0.6 is 11.3 Å². The Hall–Kier alpha value is -0.990. The number of aliphatic hydroxyl groups is 1. The number of nitrogens with one attached hydrogen (secondary N) is 1. The Balaban J connectivity index is 1.26. The van der Waals surface area contributed by atoms with E-state index >= 15 is 0 Å². The van der Waals surface area contributed by atoms with Gasteiger partial charge in [-0.25, -0.2) is 0 Å². The Morgan fingerprint density at radius 3 is 2.75 bits per heavy atom. The Bertz CT molecular complexity index is 499. The van der Waals surface area contributed by atoms with Crippen molar-refractivity contribution in [2.75, 3.05) is 45.9 Å². The molecule has 1 saturated carbocycles. The van der Waals surface area contributed by atoms with Gasteiger partial charge in [-0.2, -0.15) is 0 Å². The molecule has 0 aromatic carbocycles. The van der Waals surface area contributed by atoms with Gasteiger partial charge in [-0.05, 0) is 24.3 Å². The number of rotatable bonds is 9. The minimum Gasteiger partial charge on any atom is -0.389 e. The molecule has 1 unspecified atom stereocenters. The van der Waals surface area contributed by atoms with Gasteiger partial charge in [-0.15, -0.1) is 11.3 Å². The zero-order chi connectivity index (χ0) is 16.8. The van der Waals surface area contributed by atoms with Crippen LogP contribution < -0.4 is 5.32 Å². The Kier molecular flexibility index (Phi) is 6.62. The van der Waals surface area contributed by atoms with E-state index in [4.69, 9.17) is 4.74 Å². The van der Waals surface area contributed by atoms with Crippen LogP contribution in [0.3, 0.4) is 0 Å². The molecule has 1 saturated heterocycles. The summed E-state index contributed by atoms with van der Waals surface area (Å²) in [5, 5.41) is 15.2. The van der Waals surface area contributed by atoms with Gasteiger partial charge in [-0.3, -0.25) is 14.6 Å². The molecule has 1 atom stereocenters. The van der Waals surface area contributed by atoms with E-state index in [-0.39, 0.29) is 5.91 Å². The van der Waals surface area contributed by atoms with E-state index in [0.717, 1.165) is 39.0 Å². The summed E-state index contributed by atoms with van der Waals surface area (Å²) in [6.45, 7) is 5.59. The number of hydrogen-bond donors (Lipinski definition) is 2. The molecule has 0 radical (unpaired) electrons. The summed E-state index contributed by atoms with van der Waals surface area (Å²) in [6.07, 6.45) is 1.80. The lowest BCUT2D eigenvalue weighted by Crippen LogP contribution is -2.51. The van der Waals surface area contributed by atoms with Crippen molar-refractivity contribution < 1.29 is 14.6 Å². The molecular weight excluding hydrogens is 326 g/mol. The summed E-state index contributed by atoms with van der Waals surface area (Å²) in [7, 11) is 0. The number of carbonyl (C=O) groups is 1. The van der Waals surface area contributed by atoms with Gasteiger partial charge in [0, 0.05) is 43.6 Å². The second-order valence-electron chi connectivity index (χ2n) is 6.67. The van der Waals surface area contributed by atoms with Gasteiger partial charge in [0.15, 0.2) is 0 Å². The first-order valence-electron chi connectivity index (χ1n) is 8.71. The summed E-state index contributed by atoms with van der Waals surface area (Å²) < 4.78 is 5.57. The molecule has 0 spiro atoms. The quantitative estimate of drug-likeness (QED) is 0.678. The molecule has 1 aromatic rings. The van der Waals surface area contributed by atoms with Crippen LogP contribution in [0.1, 0.15) is 17.7 Å². The molecule has 2 aliphatic rings. The van der Waals surface area contributed by atoms with E-state index in [1.54, 1.807) is 11.3 Å². The summed E-state index contributed by atoms with van der Waals surface area (Å²) >= 11 is 1.67. The van der Waals surface area contributed by atoms with Crippen molar-refractivity contribution in [3.63, 3.8) is 0 Å². The SMILES string of the molecule is O=C(CN1CCN(CC(O)COCc2cccs2)CC1)NC1CC1. The second-order valence-corrected chi connectivity index (χ2v) is 7.70. The van der Waals surface area contributed by atoms with E-state index in [1.807, 2.05) is 17.5 Å². The van der Waals surface area contributed by atoms with Crippen molar-refractivity contribution in [3.8, 4) is 0 Å². The van der Waals surface area contributed by atoms with Crippen LogP contribution in [0.25, 0.3) is 0 Å². The minimum atomic E-state index is -0.463. The molecule has 2 fully saturated rings. The number of aliphatic hydroxyl groups excluding tert-OH is 1. The van der Waals surface area contributed by atoms with Crippen LogP contribution in [0.4, 0.5) is 0 Å². The highest BCUT2D eigenvalue weighted by Gasteiger charge is 2.25. The molecule has 1 aliphatic heterocycles. The van der Waals surface area contributed by atoms with Gasteiger partial charge < -0.3 is 15.2 Å². The standard InChI is InChI=1S/C17H27N3O3S/c21-15(12-23-13-16-2-1-9-24-16)10-19-5-7-20(8-6-19)11-17(22)18-14-3-4-14/h1-2,9,14-15,21H,3-8,10-13H2,(H,18,22). The van der Waals surface area contributed by atoms with E-state index in [0.29, 0.717) is 32.3 Å². The summed E-state index contributed by atoms with van der Waals surface area (Å²) in [5.74, 6) is 0.146. The van der Waals surface area contributed by atoms with Crippen LogP contribution in [0.15, 0.2) is 17.5 Å². The number of hydrogen-bond acceptors (Lipinski definition) is 6. The Morgan fingerprint density at radius 2 is 2.08 bits per heavy atom. The van der Waals surface area contributed by atoms with E-state index in [1.165, 1.54) is 4.88 Å². The van der Waals surface area contributed by atoms with Gasteiger partial charge >= 0.3 is 0 Å². The number of carbonyl (C=O) groups excluding carboxylic acids is 1. The first-order chi connectivity index (χ1) is 11.7. The van der Waals surface area contributed by atoms with Crippen molar-refractivity contribution in [1.29, 1.82) is 0 Å². The zero-order valence-corrected chi connectivity index (χ0v) is 14.8. The molecule has 0 bridgehead atoms. The Morgan fingerprint density at radius 1 is 1.33 bits per heavy atom. The summed E-state index contributed by atoms with van der Waals surface area (Å²) in [5.41, 5.74) is 0. The molecule has 1 aliphatic carbocycles. The maximum absolute atomic E-state index is 11.8. The van der Waals surface area contributed by atoms with E-state index in [9.17, 15) is 9.90 Å². The predicted molar refractivity (Wildman–Crippen MR) is 94.0 cm³/mol. The first-order valence-corrected chi connectivity index (χ1v) is 9.59. The van der Waals surface area contributed by atoms with Gasteiger partial charge in [0.2, 0.25) is 5.91 Å². The maximum Gasteiger partial charge on any atom is 0.234 e. The average Bonchev–Trinajstić information content (AvgIpc) is 3.21. The van der Waals surface area contributed by atoms with Gasteiger partial charge in [0.25, 0.3) is 0 Å². The second kappa shape index (κ2) is 8.92. The van der Waals surface area contributed by atoms with Crippen LogP contribution in [-0.4, -0.2) is 78.8 Å². The smallest absolute Gasteiger partial charge is 0.234 e. The number of nitrogens with zero attached hydrogens (tertiary/aromatic N) is 2. The van der Waals surface area contributed by atoms with Crippen LogP contribution in [0.5, 0.6) is 0 Å². The number of thiophene rings is 1. The van der Waals surface area contributed by atoms with E-state index in [2.05, 4.69) is 15.1 Å². The normalized spacial score (nSPS) is 20.9. The molecule has 7 heteroatoms. The molecule has 2 N–H and O–H groups in total. The fraction of sp³-hybridized carbons (Fsp3) is 0.706. The topological polar surface area (TPSA) is 65.0 Å². The fourth-order valence-corrected chi connectivity index (χ4v) is 3.52. The lowest BCUT2D eigenvalue weighted by atomic mass is 10.2. The largest absolute Gasteiger partial charge is 0.389 e. The maximum atomic E-state index is 11.8. The van der Waals surface area contributed by atoms with Crippen molar-refractivity contribution in [2.45, 2.75) is 31.6 Å². The van der Waals surface area contributed by atoms with Crippen LogP contribution in [0, 0.1) is 0 Å². The van der Waals surface area contributed by atoms with Gasteiger partial charge in [0.1, 0.15) is 0 Å². The molecular formula is C17H27N3O3S. The molecule has 1 amide bonds. The lowest BCUT2D eigenvalue weighted by Gasteiger charge is -2.35. The fourth-order valence-electron chi connectivity index (χ4n) is 2.88. The summed E-state index contributed by atoms with van der Waals surface area (Å²) in [4.78, 5) is 17.4. The molecule has 3 rings (SSSR count). The monoisotopic (exact) mass is 353 g/mol. The zero-order valence-electron chi connectivity index (χ0n) is 14.0. The van der Waals surface area contributed by atoms with Gasteiger partial charge in [0.05, 0.1) is 25.9 Å². The van der Waals surface area contributed by atoms with Crippen LogP contribution in [-0.2, 0) is 16.1 Å². The third-order valence-electron chi connectivity index (χ3n) is 4.38. The first kappa shape index (κ1) is 17.8. The highest BCUT2D eigenvalue weighted by molar-refractivity contribution is 7.09. The third-order valence-corrected chi connectivity index (χ3v) is 5.23. The number of ether oxygens (including phenoxy) is 1.